The molecule has 0 saturated heterocycles. The van der Waals surface area contributed by atoms with Gasteiger partial charge in [-0.05, 0) is 59.3 Å². The molecule has 1 atom stereocenters. The van der Waals surface area contributed by atoms with Gasteiger partial charge in [-0.15, -0.1) is 0 Å². The summed E-state index contributed by atoms with van der Waals surface area (Å²) < 4.78 is 0. The van der Waals surface area contributed by atoms with Crippen molar-refractivity contribution in [1.29, 1.82) is 0 Å². The largest absolute Gasteiger partial charge is 0.352 e. The zero-order valence-corrected chi connectivity index (χ0v) is 10.8. The molecule has 0 spiro atoms. The van der Waals surface area contributed by atoms with Crippen LogP contribution in [0.15, 0.2) is 0 Å². The quantitative estimate of drug-likeness (QED) is 0.632. The predicted molar refractivity (Wildman–Crippen MR) is 66.4 cm³/mol. The Morgan fingerprint density at radius 2 is 2.12 bits per heavy atom. The molecule has 0 bridgehead atoms. The van der Waals surface area contributed by atoms with E-state index in [0.717, 1.165) is 25.4 Å². The average molecular weight is 227 g/mol. The van der Waals surface area contributed by atoms with Gasteiger partial charge in [0.25, 0.3) is 0 Å². The third-order valence-electron chi connectivity index (χ3n) is 2.83. The van der Waals surface area contributed by atoms with Crippen molar-refractivity contribution in [3.8, 4) is 0 Å². The first-order valence-electron chi connectivity index (χ1n) is 6.22. The molecular formula is C12H25N3O. The SMILES string of the molecule is CC(CCN(C)C)NC(=O)CNCC1CC1. The lowest BCUT2D eigenvalue weighted by Crippen LogP contribution is -2.40. The van der Waals surface area contributed by atoms with Crippen molar-refractivity contribution in [1.82, 2.24) is 15.5 Å². The second-order valence-electron chi connectivity index (χ2n) is 5.13. The first-order chi connectivity index (χ1) is 7.58. The molecule has 0 heterocycles. The van der Waals surface area contributed by atoms with E-state index in [4.69, 9.17) is 0 Å². The highest BCUT2D eigenvalue weighted by Gasteiger charge is 2.20. The molecule has 0 aromatic heterocycles. The minimum atomic E-state index is 0.118. The number of hydrogen-bond acceptors (Lipinski definition) is 3. The van der Waals surface area contributed by atoms with Gasteiger partial charge in [0.1, 0.15) is 0 Å². The van der Waals surface area contributed by atoms with E-state index in [0.29, 0.717) is 6.54 Å². The van der Waals surface area contributed by atoms with Gasteiger partial charge in [-0.1, -0.05) is 0 Å². The van der Waals surface area contributed by atoms with Gasteiger partial charge in [-0.25, -0.2) is 0 Å². The van der Waals surface area contributed by atoms with Gasteiger partial charge in [0.2, 0.25) is 5.91 Å². The number of amides is 1. The number of nitrogens with zero attached hydrogens (tertiary/aromatic N) is 1. The summed E-state index contributed by atoms with van der Waals surface area (Å²) in [6, 6.07) is 0.262. The van der Waals surface area contributed by atoms with Gasteiger partial charge in [0.05, 0.1) is 6.54 Å². The van der Waals surface area contributed by atoms with Crippen LogP contribution < -0.4 is 10.6 Å². The lowest BCUT2D eigenvalue weighted by atomic mass is 10.2. The third kappa shape index (κ3) is 6.80. The van der Waals surface area contributed by atoms with Gasteiger partial charge in [-0.2, -0.15) is 0 Å². The highest BCUT2D eigenvalue weighted by Crippen LogP contribution is 2.27. The second kappa shape index (κ2) is 6.86. The van der Waals surface area contributed by atoms with Crippen LogP contribution >= 0.6 is 0 Å². The summed E-state index contributed by atoms with van der Waals surface area (Å²) >= 11 is 0. The fourth-order valence-corrected chi connectivity index (χ4v) is 1.56. The molecule has 4 heteroatoms. The molecule has 1 rings (SSSR count). The first kappa shape index (κ1) is 13.5. The zero-order valence-electron chi connectivity index (χ0n) is 10.8. The van der Waals surface area contributed by atoms with Crippen LogP contribution in [0.2, 0.25) is 0 Å². The number of hydrogen-bond donors (Lipinski definition) is 2. The smallest absolute Gasteiger partial charge is 0.234 e. The summed E-state index contributed by atoms with van der Waals surface area (Å²) in [6.07, 6.45) is 3.66. The van der Waals surface area contributed by atoms with Crippen molar-refractivity contribution in [3.05, 3.63) is 0 Å². The zero-order chi connectivity index (χ0) is 12.0. The van der Waals surface area contributed by atoms with Crippen molar-refractivity contribution < 1.29 is 4.79 Å². The van der Waals surface area contributed by atoms with Crippen LogP contribution in [0.3, 0.4) is 0 Å². The molecule has 0 aliphatic heterocycles. The summed E-state index contributed by atoms with van der Waals surface area (Å²) in [7, 11) is 4.09. The molecule has 1 aliphatic rings. The van der Waals surface area contributed by atoms with Crippen LogP contribution in [0.5, 0.6) is 0 Å². The topological polar surface area (TPSA) is 44.4 Å². The van der Waals surface area contributed by atoms with Crippen LogP contribution in [0.25, 0.3) is 0 Å². The number of nitrogens with one attached hydrogen (secondary N) is 2. The van der Waals surface area contributed by atoms with E-state index >= 15 is 0 Å². The van der Waals surface area contributed by atoms with Crippen molar-refractivity contribution in [2.75, 3.05) is 33.7 Å². The Morgan fingerprint density at radius 1 is 1.44 bits per heavy atom. The van der Waals surface area contributed by atoms with E-state index in [1.807, 2.05) is 14.1 Å². The molecule has 0 aromatic rings. The molecule has 4 nitrogen and oxygen atoms in total. The summed E-state index contributed by atoms with van der Waals surface area (Å²) in [4.78, 5) is 13.6. The van der Waals surface area contributed by atoms with E-state index in [2.05, 4.69) is 22.5 Å². The monoisotopic (exact) mass is 227 g/mol. The maximum absolute atomic E-state index is 11.5. The van der Waals surface area contributed by atoms with Gasteiger partial charge in [0.15, 0.2) is 0 Å². The standard InChI is InChI=1S/C12H25N3O/c1-10(6-7-15(2)3)14-12(16)9-13-8-11-4-5-11/h10-11,13H,4-9H2,1-3H3,(H,14,16). The molecule has 16 heavy (non-hydrogen) atoms. The molecular weight excluding hydrogens is 202 g/mol. The maximum Gasteiger partial charge on any atom is 0.234 e. The van der Waals surface area contributed by atoms with Crippen LogP contribution in [-0.2, 0) is 4.79 Å². The Labute approximate surface area is 98.8 Å². The Bertz CT molecular complexity index is 214. The van der Waals surface area contributed by atoms with Crippen molar-refractivity contribution in [3.63, 3.8) is 0 Å². The molecule has 0 aromatic carbocycles. The minimum Gasteiger partial charge on any atom is -0.352 e. The van der Waals surface area contributed by atoms with Gasteiger partial charge < -0.3 is 15.5 Å². The molecule has 1 fully saturated rings. The average Bonchev–Trinajstić information content (AvgIpc) is 2.98. The van der Waals surface area contributed by atoms with Crippen LogP contribution in [0.4, 0.5) is 0 Å². The molecule has 2 N–H and O–H groups in total. The molecule has 1 saturated carbocycles. The molecule has 94 valence electrons. The lowest BCUT2D eigenvalue weighted by molar-refractivity contribution is -0.120. The normalized spacial score (nSPS) is 17.5. The molecule has 1 amide bonds. The van der Waals surface area contributed by atoms with E-state index in [-0.39, 0.29) is 11.9 Å². The van der Waals surface area contributed by atoms with Crippen LogP contribution in [0.1, 0.15) is 26.2 Å². The second-order valence-corrected chi connectivity index (χ2v) is 5.13. The Balaban J connectivity index is 1.98. The van der Waals surface area contributed by atoms with Gasteiger partial charge >= 0.3 is 0 Å². The van der Waals surface area contributed by atoms with E-state index in [1.165, 1.54) is 12.8 Å². The molecule has 1 aliphatic carbocycles. The summed E-state index contributed by atoms with van der Waals surface area (Å²) in [5.41, 5.74) is 0. The summed E-state index contributed by atoms with van der Waals surface area (Å²) in [5.74, 6) is 0.950. The van der Waals surface area contributed by atoms with Gasteiger partial charge in [-0.3, -0.25) is 4.79 Å². The molecule has 1 unspecified atom stereocenters. The van der Waals surface area contributed by atoms with Gasteiger partial charge in [0, 0.05) is 6.04 Å². The fraction of sp³-hybridized carbons (Fsp3) is 0.917. The number of carbonyl (C=O) groups is 1. The lowest BCUT2D eigenvalue weighted by Gasteiger charge is -2.16. The maximum atomic E-state index is 11.5. The Hall–Kier alpha value is -0.610. The first-order valence-corrected chi connectivity index (χ1v) is 6.22. The van der Waals surface area contributed by atoms with Crippen molar-refractivity contribution in [2.45, 2.75) is 32.2 Å². The third-order valence-corrected chi connectivity index (χ3v) is 2.83. The number of rotatable bonds is 8. The van der Waals surface area contributed by atoms with Crippen LogP contribution in [-0.4, -0.2) is 50.6 Å². The Morgan fingerprint density at radius 3 is 2.69 bits per heavy atom. The van der Waals surface area contributed by atoms with Crippen molar-refractivity contribution >= 4 is 5.91 Å². The molecule has 0 radical (unpaired) electrons. The highest BCUT2D eigenvalue weighted by atomic mass is 16.1. The highest BCUT2D eigenvalue weighted by molar-refractivity contribution is 5.78. The van der Waals surface area contributed by atoms with Crippen molar-refractivity contribution in [2.24, 2.45) is 5.92 Å². The minimum absolute atomic E-state index is 0.118. The van der Waals surface area contributed by atoms with E-state index < -0.39 is 0 Å². The van der Waals surface area contributed by atoms with Crippen LogP contribution in [0, 0.1) is 5.92 Å². The van der Waals surface area contributed by atoms with E-state index in [1.54, 1.807) is 0 Å². The summed E-state index contributed by atoms with van der Waals surface area (Å²) in [6.45, 7) is 4.53. The number of carbonyl (C=O) groups excluding carboxylic acids is 1. The summed E-state index contributed by atoms with van der Waals surface area (Å²) in [5, 5.41) is 6.20. The Kier molecular flexibility index (Phi) is 5.77. The van der Waals surface area contributed by atoms with E-state index in [9.17, 15) is 4.79 Å². The fourth-order valence-electron chi connectivity index (χ4n) is 1.56. The predicted octanol–water partition coefficient (Wildman–Crippen LogP) is 0.442.